The molecular formula is C17H20N2O4S. The lowest BCUT2D eigenvalue weighted by atomic mass is 10.1. The van der Waals surface area contributed by atoms with Gasteiger partial charge in [0, 0.05) is 18.7 Å². The first kappa shape index (κ1) is 16.7. The standard InChI is InChI=1S/C17H20N2O4S/c1-12(16-7-4-10-23-16)19(2)17(20)13-5-3-6-15(11-13)24(21,22)18-14-8-9-14/h3-7,10-12,14,18H,8-9H2,1-2H3. The van der Waals surface area contributed by atoms with Crippen LogP contribution in [0.3, 0.4) is 0 Å². The van der Waals surface area contributed by atoms with E-state index in [-0.39, 0.29) is 22.9 Å². The van der Waals surface area contributed by atoms with Gasteiger partial charge in [-0.15, -0.1) is 0 Å². The highest BCUT2D eigenvalue weighted by Crippen LogP contribution is 2.24. The molecule has 1 unspecified atom stereocenters. The summed E-state index contributed by atoms with van der Waals surface area (Å²) < 4.78 is 32.5. The number of furan rings is 1. The third-order valence-electron chi connectivity index (χ3n) is 4.15. The molecule has 1 N–H and O–H groups in total. The number of carbonyl (C=O) groups is 1. The van der Waals surface area contributed by atoms with Gasteiger partial charge in [0.15, 0.2) is 0 Å². The van der Waals surface area contributed by atoms with E-state index in [1.165, 1.54) is 17.0 Å². The molecule has 1 heterocycles. The minimum Gasteiger partial charge on any atom is -0.467 e. The van der Waals surface area contributed by atoms with E-state index in [0.717, 1.165) is 12.8 Å². The van der Waals surface area contributed by atoms with Crippen LogP contribution in [0.5, 0.6) is 0 Å². The van der Waals surface area contributed by atoms with Crippen LogP contribution < -0.4 is 4.72 Å². The zero-order valence-corrected chi connectivity index (χ0v) is 14.4. The number of carbonyl (C=O) groups excluding carboxylic acids is 1. The first-order chi connectivity index (χ1) is 11.4. The summed E-state index contributed by atoms with van der Waals surface area (Å²) in [6, 6.07) is 9.45. The van der Waals surface area contributed by atoms with Crippen molar-refractivity contribution >= 4 is 15.9 Å². The fourth-order valence-corrected chi connectivity index (χ4v) is 3.73. The SMILES string of the molecule is CC(c1ccco1)N(C)C(=O)c1cccc(S(=O)(=O)NC2CC2)c1. The average molecular weight is 348 g/mol. The number of rotatable bonds is 6. The highest BCUT2D eigenvalue weighted by molar-refractivity contribution is 7.89. The molecule has 1 aliphatic carbocycles. The van der Waals surface area contributed by atoms with Gasteiger partial charge in [-0.2, -0.15) is 0 Å². The van der Waals surface area contributed by atoms with Gasteiger partial charge < -0.3 is 9.32 Å². The van der Waals surface area contributed by atoms with Gasteiger partial charge in [0.05, 0.1) is 17.2 Å². The zero-order chi connectivity index (χ0) is 17.3. The Morgan fingerprint density at radius 3 is 2.67 bits per heavy atom. The van der Waals surface area contributed by atoms with Crippen LogP contribution in [-0.4, -0.2) is 32.3 Å². The van der Waals surface area contributed by atoms with Crippen molar-refractivity contribution in [1.29, 1.82) is 0 Å². The minimum absolute atomic E-state index is 0.0241. The maximum Gasteiger partial charge on any atom is 0.254 e. The Kier molecular flexibility index (Phi) is 4.47. The normalized spacial score (nSPS) is 15.9. The summed E-state index contributed by atoms with van der Waals surface area (Å²) in [4.78, 5) is 14.3. The molecule has 1 saturated carbocycles. The Labute approximate surface area is 141 Å². The van der Waals surface area contributed by atoms with Gasteiger partial charge in [0.25, 0.3) is 5.91 Å². The lowest BCUT2D eigenvalue weighted by Gasteiger charge is -2.23. The molecule has 1 fully saturated rings. The second-order valence-electron chi connectivity index (χ2n) is 6.03. The number of hydrogen-bond acceptors (Lipinski definition) is 4. The molecule has 1 amide bonds. The Morgan fingerprint density at radius 1 is 1.29 bits per heavy atom. The van der Waals surface area contributed by atoms with E-state index in [4.69, 9.17) is 4.42 Å². The number of nitrogens with one attached hydrogen (secondary N) is 1. The molecule has 7 heteroatoms. The predicted molar refractivity (Wildman–Crippen MR) is 89.0 cm³/mol. The third kappa shape index (κ3) is 3.52. The fraction of sp³-hybridized carbons (Fsp3) is 0.353. The van der Waals surface area contributed by atoms with Crippen molar-refractivity contribution in [3.63, 3.8) is 0 Å². The van der Waals surface area contributed by atoms with E-state index in [1.54, 1.807) is 37.6 Å². The van der Waals surface area contributed by atoms with Crippen LogP contribution in [0.1, 0.15) is 41.9 Å². The molecule has 24 heavy (non-hydrogen) atoms. The molecule has 0 bridgehead atoms. The van der Waals surface area contributed by atoms with Gasteiger partial charge in [-0.3, -0.25) is 4.79 Å². The van der Waals surface area contributed by atoms with Crippen molar-refractivity contribution in [2.75, 3.05) is 7.05 Å². The summed E-state index contributed by atoms with van der Waals surface area (Å²) in [5.41, 5.74) is 0.328. The number of nitrogens with zero attached hydrogens (tertiary/aromatic N) is 1. The molecule has 6 nitrogen and oxygen atoms in total. The highest BCUT2D eigenvalue weighted by Gasteiger charge is 2.28. The van der Waals surface area contributed by atoms with Crippen LogP contribution in [0.2, 0.25) is 0 Å². The molecule has 1 aromatic carbocycles. The second-order valence-corrected chi connectivity index (χ2v) is 7.74. The Morgan fingerprint density at radius 2 is 2.04 bits per heavy atom. The van der Waals surface area contributed by atoms with Gasteiger partial charge in [-0.25, -0.2) is 13.1 Å². The molecule has 0 radical (unpaired) electrons. The Hall–Kier alpha value is -2.12. The summed E-state index contributed by atoms with van der Waals surface area (Å²) in [6.45, 7) is 1.85. The quantitative estimate of drug-likeness (QED) is 0.870. The number of hydrogen-bond donors (Lipinski definition) is 1. The molecule has 0 aliphatic heterocycles. The monoisotopic (exact) mass is 348 g/mol. The largest absolute Gasteiger partial charge is 0.467 e. The maximum atomic E-state index is 12.7. The summed E-state index contributed by atoms with van der Waals surface area (Å²) in [7, 11) is -1.92. The second kappa shape index (κ2) is 6.41. The van der Waals surface area contributed by atoms with Gasteiger partial charge in [-0.1, -0.05) is 6.07 Å². The van der Waals surface area contributed by atoms with Crippen LogP contribution >= 0.6 is 0 Å². The Balaban J connectivity index is 1.81. The van der Waals surface area contributed by atoms with Crippen molar-refractivity contribution in [3.05, 3.63) is 54.0 Å². The van der Waals surface area contributed by atoms with E-state index >= 15 is 0 Å². The van der Waals surface area contributed by atoms with Gasteiger partial charge in [0.1, 0.15) is 5.76 Å². The van der Waals surface area contributed by atoms with Crippen molar-refractivity contribution in [2.45, 2.75) is 36.7 Å². The van der Waals surface area contributed by atoms with E-state index in [2.05, 4.69) is 4.72 Å². The van der Waals surface area contributed by atoms with Crippen molar-refractivity contribution in [3.8, 4) is 0 Å². The van der Waals surface area contributed by atoms with E-state index < -0.39 is 10.0 Å². The highest BCUT2D eigenvalue weighted by atomic mass is 32.2. The molecule has 2 aromatic rings. The van der Waals surface area contributed by atoms with Crippen LogP contribution in [0.4, 0.5) is 0 Å². The van der Waals surface area contributed by atoms with Gasteiger partial charge in [-0.05, 0) is 50.1 Å². The molecule has 128 valence electrons. The predicted octanol–water partition coefficient (Wildman–Crippen LogP) is 2.55. The first-order valence-corrected chi connectivity index (χ1v) is 9.30. The summed E-state index contributed by atoms with van der Waals surface area (Å²) >= 11 is 0. The van der Waals surface area contributed by atoms with Crippen LogP contribution in [0.15, 0.2) is 52.0 Å². The zero-order valence-electron chi connectivity index (χ0n) is 13.6. The number of amides is 1. The molecule has 1 aromatic heterocycles. The fourth-order valence-electron chi connectivity index (χ4n) is 2.38. The average Bonchev–Trinajstić information content (AvgIpc) is 3.20. The van der Waals surface area contributed by atoms with Crippen LogP contribution in [-0.2, 0) is 10.0 Å². The van der Waals surface area contributed by atoms with E-state index in [9.17, 15) is 13.2 Å². The molecule has 3 rings (SSSR count). The van der Waals surface area contributed by atoms with E-state index in [0.29, 0.717) is 11.3 Å². The molecule has 1 aliphatic rings. The molecular weight excluding hydrogens is 328 g/mol. The number of sulfonamides is 1. The Bertz CT molecular complexity index is 826. The maximum absolute atomic E-state index is 12.7. The molecule has 0 saturated heterocycles. The third-order valence-corrected chi connectivity index (χ3v) is 5.66. The van der Waals surface area contributed by atoms with Crippen molar-refractivity contribution < 1.29 is 17.6 Å². The van der Waals surface area contributed by atoms with Gasteiger partial charge in [0.2, 0.25) is 10.0 Å². The summed E-state index contributed by atoms with van der Waals surface area (Å²) in [6.07, 6.45) is 3.28. The lowest BCUT2D eigenvalue weighted by Crippen LogP contribution is -2.30. The van der Waals surface area contributed by atoms with Crippen LogP contribution in [0.25, 0.3) is 0 Å². The lowest BCUT2D eigenvalue weighted by molar-refractivity contribution is 0.0726. The smallest absolute Gasteiger partial charge is 0.254 e. The van der Waals surface area contributed by atoms with Crippen LogP contribution in [0, 0.1) is 0 Å². The van der Waals surface area contributed by atoms with E-state index in [1.807, 2.05) is 6.92 Å². The number of benzene rings is 1. The molecule has 0 spiro atoms. The van der Waals surface area contributed by atoms with Crippen molar-refractivity contribution in [1.82, 2.24) is 9.62 Å². The summed E-state index contributed by atoms with van der Waals surface area (Å²) in [5.74, 6) is 0.410. The molecule has 1 atom stereocenters. The minimum atomic E-state index is -3.58. The first-order valence-electron chi connectivity index (χ1n) is 7.81. The summed E-state index contributed by atoms with van der Waals surface area (Å²) in [5, 5.41) is 0. The van der Waals surface area contributed by atoms with Crippen molar-refractivity contribution in [2.24, 2.45) is 0 Å². The van der Waals surface area contributed by atoms with Gasteiger partial charge >= 0.3 is 0 Å². The topological polar surface area (TPSA) is 79.6 Å².